The molecule has 0 radical (unpaired) electrons. The molecule has 0 amide bonds. The average Bonchev–Trinajstić information content (AvgIpc) is 2.02. The molecule has 0 aliphatic carbocycles. The molecule has 0 fully saturated rings. The molecule has 0 aliphatic rings. The molecule has 0 atom stereocenters. The Labute approximate surface area is 74.0 Å². The first-order chi connectivity index (χ1) is 5.57. The smallest absolute Gasteiger partial charge is 0.333 e. The van der Waals surface area contributed by atoms with E-state index in [1.807, 2.05) is 14.1 Å². The topological polar surface area (TPSA) is 29.5 Å². The summed E-state index contributed by atoms with van der Waals surface area (Å²) in [7, 11) is 5.38. The van der Waals surface area contributed by atoms with E-state index in [1.165, 1.54) is 7.11 Å². The normalized spacial score (nSPS) is 10.0. The van der Waals surface area contributed by atoms with Crippen LogP contribution < -0.4 is 0 Å². The van der Waals surface area contributed by atoms with Crippen molar-refractivity contribution in [1.29, 1.82) is 0 Å². The monoisotopic (exact) mass is 171 g/mol. The third kappa shape index (κ3) is 4.91. The summed E-state index contributed by atoms with van der Waals surface area (Å²) in [5.41, 5.74) is 0.555. The van der Waals surface area contributed by atoms with E-state index in [9.17, 15) is 4.79 Å². The number of methoxy groups -OCH3 is 1. The van der Waals surface area contributed by atoms with E-state index in [4.69, 9.17) is 0 Å². The highest BCUT2D eigenvalue weighted by molar-refractivity contribution is 5.87. The predicted octanol–water partition coefficient (Wildman–Crippen LogP) is 1.06. The van der Waals surface area contributed by atoms with Gasteiger partial charge in [-0.05, 0) is 33.5 Å². The Balaban J connectivity index is 3.51. The van der Waals surface area contributed by atoms with Gasteiger partial charge in [0.25, 0.3) is 0 Å². The summed E-state index contributed by atoms with van der Waals surface area (Å²) in [5.74, 6) is -0.297. The summed E-state index contributed by atoms with van der Waals surface area (Å²) in [6.07, 6.45) is 1.66. The van der Waals surface area contributed by atoms with Crippen LogP contribution in [0.4, 0.5) is 0 Å². The fraction of sp³-hybridized carbons (Fsp3) is 0.667. The molecule has 0 aromatic heterocycles. The van der Waals surface area contributed by atoms with Crippen LogP contribution in [0.2, 0.25) is 0 Å². The van der Waals surface area contributed by atoms with Crippen LogP contribution in [-0.4, -0.2) is 38.6 Å². The molecule has 0 N–H and O–H groups in total. The molecule has 0 bridgehead atoms. The van der Waals surface area contributed by atoms with Crippen LogP contribution in [-0.2, 0) is 9.53 Å². The summed E-state index contributed by atoms with van der Waals surface area (Å²) < 4.78 is 4.52. The maximum Gasteiger partial charge on any atom is 0.333 e. The van der Waals surface area contributed by atoms with Crippen molar-refractivity contribution in [1.82, 2.24) is 4.90 Å². The number of carbonyl (C=O) groups is 1. The molecule has 0 saturated carbocycles. The number of rotatable bonds is 5. The first-order valence-corrected chi connectivity index (χ1v) is 3.98. The van der Waals surface area contributed by atoms with Crippen molar-refractivity contribution in [2.24, 2.45) is 0 Å². The lowest BCUT2D eigenvalue weighted by atomic mass is 10.1. The van der Waals surface area contributed by atoms with E-state index in [2.05, 4.69) is 16.2 Å². The Kier molecular flexibility index (Phi) is 5.37. The number of carbonyl (C=O) groups excluding carboxylic acids is 1. The van der Waals surface area contributed by atoms with Crippen molar-refractivity contribution in [2.75, 3.05) is 27.7 Å². The molecule has 0 spiro atoms. The second-order valence-electron chi connectivity index (χ2n) is 3.00. The Hall–Kier alpha value is -0.830. The molecular formula is C9H17NO2. The van der Waals surface area contributed by atoms with Crippen molar-refractivity contribution in [3.63, 3.8) is 0 Å². The summed E-state index contributed by atoms with van der Waals surface area (Å²) in [6.45, 7) is 4.60. The number of ether oxygens (including phenoxy) is 1. The molecule has 0 aromatic carbocycles. The van der Waals surface area contributed by atoms with Crippen LogP contribution >= 0.6 is 0 Å². The second-order valence-corrected chi connectivity index (χ2v) is 3.00. The Morgan fingerprint density at radius 1 is 1.50 bits per heavy atom. The molecule has 12 heavy (non-hydrogen) atoms. The van der Waals surface area contributed by atoms with Crippen molar-refractivity contribution >= 4 is 5.97 Å². The number of hydrogen-bond donors (Lipinski definition) is 0. The van der Waals surface area contributed by atoms with Gasteiger partial charge in [0.1, 0.15) is 0 Å². The van der Waals surface area contributed by atoms with Crippen LogP contribution in [0.5, 0.6) is 0 Å². The zero-order valence-corrected chi connectivity index (χ0v) is 8.09. The number of esters is 1. The minimum atomic E-state index is -0.297. The van der Waals surface area contributed by atoms with E-state index in [-0.39, 0.29) is 5.97 Å². The lowest BCUT2D eigenvalue weighted by Gasteiger charge is -2.08. The van der Waals surface area contributed by atoms with Gasteiger partial charge in [0.15, 0.2) is 0 Å². The summed E-state index contributed by atoms with van der Waals surface area (Å²) >= 11 is 0. The molecule has 0 saturated heterocycles. The molecule has 70 valence electrons. The SMILES string of the molecule is C=C(CCCN(C)C)C(=O)OC. The van der Waals surface area contributed by atoms with Crippen molar-refractivity contribution in [3.8, 4) is 0 Å². The van der Waals surface area contributed by atoms with Gasteiger partial charge in [0, 0.05) is 5.57 Å². The molecule has 0 aliphatic heterocycles. The Bertz CT molecular complexity index is 164. The van der Waals surface area contributed by atoms with Gasteiger partial charge in [0.2, 0.25) is 0 Å². The maximum atomic E-state index is 10.9. The van der Waals surface area contributed by atoms with Gasteiger partial charge in [0.05, 0.1) is 7.11 Å². The third-order valence-electron chi connectivity index (χ3n) is 1.56. The molecule has 3 heteroatoms. The largest absolute Gasteiger partial charge is 0.466 e. The highest BCUT2D eigenvalue weighted by atomic mass is 16.5. The highest BCUT2D eigenvalue weighted by Crippen LogP contribution is 2.04. The van der Waals surface area contributed by atoms with Gasteiger partial charge < -0.3 is 9.64 Å². The van der Waals surface area contributed by atoms with Crippen molar-refractivity contribution in [2.45, 2.75) is 12.8 Å². The van der Waals surface area contributed by atoms with Gasteiger partial charge in [-0.25, -0.2) is 4.79 Å². The molecule has 0 aromatic rings. The maximum absolute atomic E-state index is 10.9. The van der Waals surface area contributed by atoms with Crippen LogP contribution in [0, 0.1) is 0 Å². The second kappa shape index (κ2) is 5.77. The van der Waals surface area contributed by atoms with Crippen LogP contribution in [0.15, 0.2) is 12.2 Å². The third-order valence-corrected chi connectivity index (χ3v) is 1.56. The predicted molar refractivity (Wildman–Crippen MR) is 48.9 cm³/mol. The lowest BCUT2D eigenvalue weighted by Crippen LogP contribution is -2.14. The minimum absolute atomic E-state index is 0.297. The van der Waals surface area contributed by atoms with Gasteiger partial charge >= 0.3 is 5.97 Å². The zero-order chi connectivity index (χ0) is 9.56. The summed E-state index contributed by atoms with van der Waals surface area (Å²) in [4.78, 5) is 12.9. The summed E-state index contributed by atoms with van der Waals surface area (Å²) in [5, 5.41) is 0. The van der Waals surface area contributed by atoms with E-state index in [0.717, 1.165) is 13.0 Å². The Morgan fingerprint density at radius 2 is 2.08 bits per heavy atom. The zero-order valence-electron chi connectivity index (χ0n) is 8.09. The van der Waals surface area contributed by atoms with Gasteiger partial charge in [-0.2, -0.15) is 0 Å². The van der Waals surface area contributed by atoms with Crippen LogP contribution in [0.1, 0.15) is 12.8 Å². The molecule has 0 heterocycles. The van der Waals surface area contributed by atoms with E-state index in [1.54, 1.807) is 0 Å². The van der Waals surface area contributed by atoms with Crippen molar-refractivity contribution in [3.05, 3.63) is 12.2 Å². The molecule has 3 nitrogen and oxygen atoms in total. The fourth-order valence-corrected chi connectivity index (χ4v) is 0.855. The Morgan fingerprint density at radius 3 is 2.50 bits per heavy atom. The number of hydrogen-bond acceptors (Lipinski definition) is 3. The quantitative estimate of drug-likeness (QED) is 0.457. The minimum Gasteiger partial charge on any atom is -0.466 e. The van der Waals surface area contributed by atoms with E-state index >= 15 is 0 Å². The van der Waals surface area contributed by atoms with E-state index < -0.39 is 0 Å². The molecule has 0 unspecified atom stereocenters. The lowest BCUT2D eigenvalue weighted by molar-refractivity contribution is -0.136. The van der Waals surface area contributed by atoms with Gasteiger partial charge in [-0.3, -0.25) is 0 Å². The van der Waals surface area contributed by atoms with E-state index in [0.29, 0.717) is 12.0 Å². The van der Waals surface area contributed by atoms with Crippen LogP contribution in [0.25, 0.3) is 0 Å². The van der Waals surface area contributed by atoms with Crippen LogP contribution in [0.3, 0.4) is 0 Å². The van der Waals surface area contributed by atoms with Crippen molar-refractivity contribution < 1.29 is 9.53 Å². The molecule has 0 rings (SSSR count). The van der Waals surface area contributed by atoms with Gasteiger partial charge in [-0.1, -0.05) is 6.58 Å². The average molecular weight is 171 g/mol. The fourth-order valence-electron chi connectivity index (χ4n) is 0.855. The number of nitrogens with zero attached hydrogens (tertiary/aromatic N) is 1. The highest BCUT2D eigenvalue weighted by Gasteiger charge is 2.05. The first-order valence-electron chi connectivity index (χ1n) is 3.98. The summed E-state index contributed by atoms with van der Waals surface area (Å²) in [6, 6.07) is 0. The molecular weight excluding hydrogens is 154 g/mol. The first kappa shape index (κ1) is 11.2. The van der Waals surface area contributed by atoms with Gasteiger partial charge in [-0.15, -0.1) is 0 Å². The standard InChI is InChI=1S/C9H17NO2/c1-8(9(11)12-4)6-5-7-10(2)3/h1,5-7H2,2-4H3.